The molecule has 0 saturated heterocycles. The van der Waals surface area contributed by atoms with Crippen molar-refractivity contribution in [2.75, 3.05) is 0 Å². The third-order valence-electron chi connectivity index (χ3n) is 1.64. The van der Waals surface area contributed by atoms with Crippen molar-refractivity contribution in [1.82, 2.24) is 0 Å². The zero-order valence-corrected chi connectivity index (χ0v) is 9.83. The van der Waals surface area contributed by atoms with Crippen molar-refractivity contribution in [3.05, 3.63) is 20.8 Å². The Bertz CT molecular complexity index is 249. The topological polar surface area (TPSA) is 26.0 Å². The van der Waals surface area contributed by atoms with E-state index in [2.05, 4.69) is 41.2 Å². The normalized spacial score (nSPS) is 12.0. The molecule has 0 bridgehead atoms. The molecule has 1 aromatic rings. The van der Waals surface area contributed by atoms with Gasteiger partial charge in [0.1, 0.15) is 0 Å². The van der Waals surface area contributed by atoms with Gasteiger partial charge in [-0.1, -0.05) is 0 Å². The van der Waals surface area contributed by atoms with Crippen LogP contribution in [-0.4, -0.2) is 5.54 Å². The first-order chi connectivity index (χ1) is 5.47. The second-order valence-corrected chi connectivity index (χ2v) is 5.63. The van der Waals surface area contributed by atoms with Crippen LogP contribution in [0.4, 0.5) is 0 Å². The molecule has 1 aromatic heterocycles. The van der Waals surface area contributed by atoms with Gasteiger partial charge >= 0.3 is 0 Å². The maximum Gasteiger partial charge on any atom is 0.0285 e. The number of aryl methyl sites for hydroxylation is 1. The second kappa shape index (κ2) is 3.90. The summed E-state index contributed by atoms with van der Waals surface area (Å²) in [4.78, 5) is 1.40. The highest BCUT2D eigenvalue weighted by atomic mass is 79.9. The van der Waals surface area contributed by atoms with Crippen molar-refractivity contribution in [3.8, 4) is 0 Å². The van der Waals surface area contributed by atoms with Gasteiger partial charge in [-0.25, -0.2) is 0 Å². The van der Waals surface area contributed by atoms with Crippen molar-refractivity contribution >= 4 is 27.3 Å². The lowest BCUT2D eigenvalue weighted by Gasteiger charge is -2.17. The van der Waals surface area contributed by atoms with Crippen molar-refractivity contribution < 1.29 is 0 Å². The highest BCUT2D eigenvalue weighted by Crippen LogP contribution is 2.22. The Labute approximate surface area is 86.1 Å². The van der Waals surface area contributed by atoms with Crippen LogP contribution in [-0.2, 0) is 6.42 Å². The number of nitrogens with two attached hydrogens (primary N) is 1. The Morgan fingerprint density at radius 3 is 2.67 bits per heavy atom. The molecule has 0 fully saturated rings. The highest BCUT2D eigenvalue weighted by molar-refractivity contribution is 9.10. The van der Waals surface area contributed by atoms with Crippen LogP contribution < -0.4 is 5.73 Å². The molecule has 1 rings (SSSR count). The summed E-state index contributed by atoms with van der Waals surface area (Å²) in [5.74, 6) is 0. The van der Waals surface area contributed by atoms with E-state index in [1.165, 1.54) is 9.35 Å². The van der Waals surface area contributed by atoms with E-state index in [-0.39, 0.29) is 5.54 Å². The summed E-state index contributed by atoms with van der Waals surface area (Å²) in [6, 6.07) is 2.16. The minimum Gasteiger partial charge on any atom is -0.326 e. The van der Waals surface area contributed by atoms with Gasteiger partial charge in [0.2, 0.25) is 0 Å². The molecule has 0 saturated carbocycles. The van der Waals surface area contributed by atoms with Crippen LogP contribution in [0.2, 0.25) is 0 Å². The van der Waals surface area contributed by atoms with Crippen LogP contribution in [0.5, 0.6) is 0 Å². The summed E-state index contributed by atoms with van der Waals surface area (Å²) in [5, 5.41) is 2.11. The maximum atomic E-state index is 5.88. The monoisotopic (exact) mass is 247 g/mol. The minimum absolute atomic E-state index is 0.0452. The molecule has 3 heteroatoms. The average Bonchev–Trinajstić information content (AvgIpc) is 2.30. The van der Waals surface area contributed by atoms with E-state index in [9.17, 15) is 0 Å². The van der Waals surface area contributed by atoms with Gasteiger partial charge in [0, 0.05) is 20.3 Å². The van der Waals surface area contributed by atoms with E-state index in [4.69, 9.17) is 5.73 Å². The molecule has 12 heavy (non-hydrogen) atoms. The van der Waals surface area contributed by atoms with Crippen LogP contribution in [0.15, 0.2) is 15.9 Å². The molecule has 2 N–H and O–H groups in total. The van der Waals surface area contributed by atoms with E-state index in [0.717, 1.165) is 12.8 Å². The van der Waals surface area contributed by atoms with Gasteiger partial charge in [-0.15, -0.1) is 11.3 Å². The third kappa shape index (κ3) is 3.70. The highest BCUT2D eigenvalue weighted by Gasteiger charge is 2.10. The molecule has 0 unspecified atom stereocenters. The number of hydrogen-bond acceptors (Lipinski definition) is 2. The standard InChI is InChI=1S/C9H14BrNS/c1-9(2,11)4-3-8-5-7(10)6-12-8/h5-6H,3-4,11H2,1-2H3. The van der Waals surface area contributed by atoms with Gasteiger partial charge in [0.25, 0.3) is 0 Å². The molecule has 0 aliphatic heterocycles. The molecule has 0 aliphatic rings. The van der Waals surface area contributed by atoms with Gasteiger partial charge in [-0.3, -0.25) is 0 Å². The van der Waals surface area contributed by atoms with E-state index in [1.807, 2.05) is 0 Å². The first-order valence-electron chi connectivity index (χ1n) is 3.99. The molecular weight excluding hydrogens is 234 g/mol. The lowest BCUT2D eigenvalue weighted by molar-refractivity contribution is 0.478. The maximum absolute atomic E-state index is 5.88. The lowest BCUT2D eigenvalue weighted by atomic mass is 10.00. The fourth-order valence-corrected chi connectivity index (χ4v) is 2.39. The SMILES string of the molecule is CC(C)(N)CCc1cc(Br)cs1. The van der Waals surface area contributed by atoms with E-state index in [0.29, 0.717) is 0 Å². The van der Waals surface area contributed by atoms with Crippen molar-refractivity contribution in [2.24, 2.45) is 5.73 Å². The summed E-state index contributed by atoms with van der Waals surface area (Å²) in [6.45, 7) is 4.13. The summed E-state index contributed by atoms with van der Waals surface area (Å²) >= 11 is 5.22. The Hall–Kier alpha value is 0.140. The van der Waals surface area contributed by atoms with Gasteiger partial charge < -0.3 is 5.73 Å². The molecule has 1 heterocycles. The molecule has 68 valence electrons. The summed E-state index contributed by atoms with van der Waals surface area (Å²) in [6.07, 6.45) is 2.12. The molecule has 0 radical (unpaired) electrons. The summed E-state index contributed by atoms with van der Waals surface area (Å²) in [7, 11) is 0. The van der Waals surface area contributed by atoms with Crippen LogP contribution in [0.3, 0.4) is 0 Å². The van der Waals surface area contributed by atoms with E-state index < -0.39 is 0 Å². The molecule has 0 aromatic carbocycles. The largest absolute Gasteiger partial charge is 0.326 e. The van der Waals surface area contributed by atoms with Crippen LogP contribution in [0.25, 0.3) is 0 Å². The van der Waals surface area contributed by atoms with Crippen molar-refractivity contribution in [3.63, 3.8) is 0 Å². The molecule has 0 spiro atoms. The molecule has 0 atom stereocenters. The Morgan fingerprint density at radius 2 is 2.25 bits per heavy atom. The zero-order valence-electron chi connectivity index (χ0n) is 7.43. The summed E-state index contributed by atoms with van der Waals surface area (Å²) in [5.41, 5.74) is 5.84. The molecule has 0 amide bonds. The smallest absolute Gasteiger partial charge is 0.0285 e. The molecular formula is C9H14BrNS. The van der Waals surface area contributed by atoms with Gasteiger partial charge in [0.05, 0.1) is 0 Å². The van der Waals surface area contributed by atoms with Crippen molar-refractivity contribution in [1.29, 1.82) is 0 Å². The zero-order chi connectivity index (χ0) is 9.19. The minimum atomic E-state index is -0.0452. The molecule has 0 aliphatic carbocycles. The Kier molecular flexibility index (Phi) is 3.32. The predicted molar refractivity (Wildman–Crippen MR) is 58.6 cm³/mol. The number of thiophene rings is 1. The van der Waals surface area contributed by atoms with Gasteiger partial charge in [0.15, 0.2) is 0 Å². The number of hydrogen-bond donors (Lipinski definition) is 1. The van der Waals surface area contributed by atoms with Gasteiger partial charge in [-0.2, -0.15) is 0 Å². The fourth-order valence-electron chi connectivity index (χ4n) is 0.930. The van der Waals surface area contributed by atoms with E-state index >= 15 is 0 Å². The van der Waals surface area contributed by atoms with Crippen LogP contribution in [0, 0.1) is 0 Å². The molecule has 1 nitrogen and oxygen atoms in total. The average molecular weight is 248 g/mol. The Morgan fingerprint density at radius 1 is 1.58 bits per heavy atom. The van der Waals surface area contributed by atoms with Crippen LogP contribution >= 0.6 is 27.3 Å². The van der Waals surface area contributed by atoms with Gasteiger partial charge in [-0.05, 0) is 48.7 Å². The Balaban J connectivity index is 2.44. The first kappa shape index (κ1) is 10.2. The summed E-state index contributed by atoms with van der Waals surface area (Å²) < 4.78 is 1.18. The second-order valence-electron chi connectivity index (χ2n) is 3.72. The quantitative estimate of drug-likeness (QED) is 0.873. The lowest BCUT2D eigenvalue weighted by Crippen LogP contribution is -2.32. The number of rotatable bonds is 3. The number of halogens is 1. The first-order valence-corrected chi connectivity index (χ1v) is 5.66. The van der Waals surface area contributed by atoms with Crippen LogP contribution in [0.1, 0.15) is 25.1 Å². The van der Waals surface area contributed by atoms with E-state index in [1.54, 1.807) is 11.3 Å². The van der Waals surface area contributed by atoms with Crippen molar-refractivity contribution in [2.45, 2.75) is 32.2 Å². The third-order valence-corrected chi connectivity index (χ3v) is 3.39. The predicted octanol–water partition coefficient (Wildman–Crippen LogP) is 3.18. The fraction of sp³-hybridized carbons (Fsp3) is 0.556.